The number of benzene rings is 1. The van der Waals surface area contributed by atoms with Crippen molar-refractivity contribution >= 4 is 0 Å². The Kier molecular flexibility index (Phi) is 3.74. The summed E-state index contributed by atoms with van der Waals surface area (Å²) in [6.45, 7) is 1.93. The number of aliphatic hydroxyl groups is 1. The maximum absolute atomic E-state index is 7.57. The third-order valence-corrected chi connectivity index (χ3v) is 1.22. The van der Waals surface area contributed by atoms with E-state index in [0.29, 0.717) is 0 Å². The number of aliphatic hydroxyl groups excluding tert-OH is 1. The van der Waals surface area contributed by atoms with Gasteiger partial charge in [0.15, 0.2) is 0 Å². The summed E-state index contributed by atoms with van der Waals surface area (Å²) >= 11 is 0. The lowest BCUT2D eigenvalue weighted by Crippen LogP contribution is -1.80. The molecule has 0 spiro atoms. The molecule has 0 atom stereocenters. The smallest absolute Gasteiger partial charge is 0.0402 e. The fourth-order valence-corrected chi connectivity index (χ4v) is 0.663. The van der Waals surface area contributed by atoms with Gasteiger partial charge in [0.05, 0.1) is 0 Å². The van der Waals surface area contributed by atoms with Crippen LogP contribution in [0.3, 0.4) is 0 Å². The molecule has 0 aromatic heterocycles. The van der Waals surface area contributed by atoms with Crippen LogP contribution in [0.4, 0.5) is 0 Å². The van der Waals surface area contributed by atoms with Crippen LogP contribution in [0.5, 0.6) is 0 Å². The average molecular weight is 138 g/mol. The molecule has 0 aliphatic heterocycles. The number of hydrogen-bond acceptors (Lipinski definition) is 1. The summed E-state index contributed by atoms with van der Waals surface area (Å²) in [5.41, 5.74) is 0. The third kappa shape index (κ3) is 1.58. The molecule has 0 aromatic rings. The summed E-state index contributed by atoms with van der Waals surface area (Å²) in [5.74, 6) is 0. The van der Waals surface area contributed by atoms with Crippen LogP contribution in [-0.4, -0.2) is 11.7 Å². The summed E-state index contributed by atoms with van der Waals surface area (Å²) in [4.78, 5) is 0. The van der Waals surface area contributed by atoms with Crippen LogP contribution < -0.4 is 0 Å². The van der Waals surface area contributed by atoms with Crippen molar-refractivity contribution in [3.05, 3.63) is 34.7 Å². The molecular formula is C9H14O. The van der Waals surface area contributed by atoms with Gasteiger partial charge in [-0.05, 0) is 17.4 Å². The first-order valence-corrected chi connectivity index (χ1v) is 3.09. The zero-order valence-corrected chi connectivity index (χ0v) is 5.46. The first kappa shape index (κ1) is 9.18. The fourth-order valence-electron chi connectivity index (χ4n) is 0.663. The Morgan fingerprint density at radius 2 is 1.30 bits per heavy atom. The van der Waals surface area contributed by atoms with Crippen LogP contribution in [0, 0.1) is 10.4 Å². The Hall–Kier alpha value is -0.820. The Bertz CT molecular complexity index is 214. The van der Waals surface area contributed by atoms with Crippen molar-refractivity contribution in [3.8, 4) is 0 Å². The van der Waals surface area contributed by atoms with Gasteiger partial charge in [-0.2, -0.15) is 0 Å². The second-order valence-corrected chi connectivity index (χ2v) is 1.89. The van der Waals surface area contributed by atoms with Crippen molar-refractivity contribution in [2.75, 3.05) is 6.61 Å². The minimum atomic E-state index is 0. The van der Waals surface area contributed by atoms with Gasteiger partial charge >= 0.3 is 0 Å². The van der Waals surface area contributed by atoms with E-state index < -0.39 is 0 Å². The second kappa shape index (κ2) is 4.07. The minimum Gasteiger partial charge on any atom is -0.397 e. The average Bonchev–Trinajstić information content (AvgIpc) is 1.81. The number of rotatable bonds is 0. The van der Waals surface area contributed by atoms with E-state index in [1.54, 1.807) is 6.92 Å². The van der Waals surface area contributed by atoms with E-state index in [0.717, 1.165) is 0 Å². The molecule has 1 nitrogen and oxygen atoms in total. The Morgan fingerprint density at radius 3 is 1.30 bits per heavy atom. The van der Waals surface area contributed by atoms with E-state index in [-0.39, 0.29) is 14.0 Å². The molecule has 0 bridgehead atoms. The first-order chi connectivity index (χ1) is 4.38. The molecule has 1 N–H and O–H groups in total. The largest absolute Gasteiger partial charge is 0.397 e. The highest BCUT2D eigenvalue weighted by Crippen LogP contribution is 2.04. The van der Waals surface area contributed by atoms with Crippen molar-refractivity contribution in [2.24, 2.45) is 0 Å². The van der Waals surface area contributed by atoms with Crippen LogP contribution in [-0.2, 0) is 0 Å². The van der Waals surface area contributed by atoms with Gasteiger partial charge in [0, 0.05) is 6.61 Å². The van der Waals surface area contributed by atoms with E-state index in [2.05, 4.69) is 24.3 Å². The van der Waals surface area contributed by atoms with Gasteiger partial charge in [-0.1, -0.05) is 31.7 Å². The molecule has 0 unspecified atom stereocenters. The second-order valence-electron chi connectivity index (χ2n) is 1.89. The van der Waals surface area contributed by atoms with E-state index in [9.17, 15) is 0 Å². The highest BCUT2D eigenvalue weighted by Gasteiger charge is 1.88. The standard InChI is InChI=1S/C6H4.C2H6O.CH4/c1-2-6-4-3-5(1)6;1-2-3;/h1-4H;3H,2H2,1H3;1H4. The van der Waals surface area contributed by atoms with Gasteiger partial charge < -0.3 is 5.11 Å². The van der Waals surface area contributed by atoms with Crippen LogP contribution in [0.15, 0.2) is 24.3 Å². The molecule has 0 saturated carbocycles. The summed E-state index contributed by atoms with van der Waals surface area (Å²) in [6, 6.07) is 8.48. The van der Waals surface area contributed by atoms with Crippen LogP contribution in [0.1, 0.15) is 14.4 Å². The molecule has 0 amide bonds. The maximum atomic E-state index is 7.57. The van der Waals surface area contributed by atoms with Crippen molar-refractivity contribution in [2.45, 2.75) is 14.4 Å². The van der Waals surface area contributed by atoms with Gasteiger partial charge in [-0.15, -0.1) is 0 Å². The van der Waals surface area contributed by atoms with E-state index in [1.807, 2.05) is 0 Å². The van der Waals surface area contributed by atoms with Crippen molar-refractivity contribution in [3.63, 3.8) is 0 Å². The molecular weight excluding hydrogens is 124 g/mol. The SMILES string of the molecule is C.CCO.c1cc2ccc1=2. The quantitative estimate of drug-likeness (QED) is 0.589. The van der Waals surface area contributed by atoms with Gasteiger partial charge in [0.2, 0.25) is 0 Å². The molecule has 10 heavy (non-hydrogen) atoms. The van der Waals surface area contributed by atoms with E-state index in [1.165, 1.54) is 10.4 Å². The zero-order chi connectivity index (χ0) is 6.69. The molecule has 0 saturated heterocycles. The van der Waals surface area contributed by atoms with Gasteiger partial charge in [-0.3, -0.25) is 0 Å². The van der Waals surface area contributed by atoms with Gasteiger partial charge in [0.25, 0.3) is 0 Å². The molecule has 2 aliphatic carbocycles. The fraction of sp³-hybridized carbons (Fsp3) is 0.333. The highest BCUT2D eigenvalue weighted by atomic mass is 16.2. The monoisotopic (exact) mass is 138 g/mol. The normalized spacial score (nSPS) is 8.60. The maximum Gasteiger partial charge on any atom is 0.0402 e. The lowest BCUT2D eigenvalue weighted by molar-refractivity contribution is 0.318. The molecule has 0 radical (unpaired) electrons. The van der Waals surface area contributed by atoms with Crippen molar-refractivity contribution in [1.82, 2.24) is 0 Å². The van der Waals surface area contributed by atoms with Gasteiger partial charge in [-0.25, -0.2) is 0 Å². The predicted octanol–water partition coefficient (Wildman–Crippen LogP) is 1.92. The summed E-state index contributed by atoms with van der Waals surface area (Å²) < 4.78 is 0. The van der Waals surface area contributed by atoms with Crippen molar-refractivity contribution < 1.29 is 5.11 Å². The summed E-state index contributed by atoms with van der Waals surface area (Å²) in [5, 5.41) is 10.4. The lowest BCUT2D eigenvalue weighted by Gasteiger charge is -1.95. The summed E-state index contributed by atoms with van der Waals surface area (Å²) in [7, 11) is 0. The highest BCUT2D eigenvalue weighted by molar-refractivity contribution is 5.22. The first-order valence-electron chi connectivity index (χ1n) is 3.09. The zero-order valence-electron chi connectivity index (χ0n) is 5.46. The molecule has 2 rings (SSSR count). The molecule has 0 fully saturated rings. The predicted molar refractivity (Wildman–Crippen MR) is 43.6 cm³/mol. The van der Waals surface area contributed by atoms with E-state index >= 15 is 0 Å². The minimum absolute atomic E-state index is 0. The molecule has 2 aliphatic rings. The molecule has 0 aromatic carbocycles. The van der Waals surface area contributed by atoms with Crippen LogP contribution in [0.25, 0.3) is 0 Å². The van der Waals surface area contributed by atoms with E-state index in [4.69, 9.17) is 5.11 Å². The molecule has 0 heterocycles. The lowest BCUT2D eigenvalue weighted by atomic mass is 10.1. The number of hydrogen-bond donors (Lipinski definition) is 1. The van der Waals surface area contributed by atoms with Crippen molar-refractivity contribution in [1.29, 1.82) is 0 Å². The van der Waals surface area contributed by atoms with Crippen LogP contribution in [0.2, 0.25) is 0 Å². The third-order valence-electron chi connectivity index (χ3n) is 1.22. The Morgan fingerprint density at radius 1 is 1.10 bits per heavy atom. The topological polar surface area (TPSA) is 20.2 Å². The Labute approximate surface area is 61.6 Å². The Balaban J connectivity index is 0.000000183. The summed E-state index contributed by atoms with van der Waals surface area (Å²) in [6.07, 6.45) is 0. The molecule has 1 heteroatoms. The molecule has 56 valence electrons. The van der Waals surface area contributed by atoms with Gasteiger partial charge in [0.1, 0.15) is 0 Å². The van der Waals surface area contributed by atoms with Crippen LogP contribution >= 0.6 is 0 Å².